The highest BCUT2D eigenvalue weighted by atomic mass is 79.9. The monoisotopic (exact) mass is 665 g/mol. The van der Waals surface area contributed by atoms with Gasteiger partial charge in [0.2, 0.25) is 0 Å². The van der Waals surface area contributed by atoms with Gasteiger partial charge < -0.3 is 9.47 Å². The number of aromatic nitrogens is 2. The number of fused-ring (bicyclic) bond motifs is 1. The molecule has 0 unspecified atom stereocenters. The SMILES string of the molecule is CCOc1cc(C=Nn2c(C)nc3ccc(Br)cc3c2=O)c(Br)c(Br)c1OCc1ccc(F)cc1. The van der Waals surface area contributed by atoms with Crippen molar-refractivity contribution in [3.05, 3.63) is 95.1 Å². The normalized spacial score (nSPS) is 11.4. The van der Waals surface area contributed by atoms with Gasteiger partial charge in [-0.1, -0.05) is 28.1 Å². The second-order valence-electron chi connectivity index (χ2n) is 7.45. The van der Waals surface area contributed by atoms with Crippen LogP contribution in [0, 0.1) is 12.7 Å². The summed E-state index contributed by atoms with van der Waals surface area (Å²) in [6.07, 6.45) is 1.56. The number of aryl methyl sites for hydroxylation is 1. The van der Waals surface area contributed by atoms with Crippen molar-refractivity contribution < 1.29 is 13.9 Å². The number of nitrogens with zero attached hydrogens (tertiary/aromatic N) is 3. The Bertz CT molecular complexity index is 1490. The second-order valence-corrected chi connectivity index (χ2v) is 9.95. The molecule has 0 aliphatic rings. The molecule has 0 atom stereocenters. The van der Waals surface area contributed by atoms with Crippen molar-refractivity contribution in [2.75, 3.05) is 6.61 Å². The summed E-state index contributed by atoms with van der Waals surface area (Å²) >= 11 is 10.5. The molecule has 4 rings (SSSR count). The van der Waals surface area contributed by atoms with Crippen LogP contribution in [-0.2, 0) is 6.61 Å². The average Bonchev–Trinajstić information content (AvgIpc) is 2.83. The predicted octanol–water partition coefficient (Wildman–Crippen LogP) is 6.99. The van der Waals surface area contributed by atoms with Crippen LogP contribution in [0.3, 0.4) is 0 Å². The third-order valence-corrected chi connectivity index (χ3v) is 7.67. The Hall–Kier alpha value is -2.56. The molecule has 0 aliphatic carbocycles. The molecule has 10 heteroatoms. The first-order valence-corrected chi connectivity index (χ1v) is 12.9. The van der Waals surface area contributed by atoms with E-state index >= 15 is 0 Å². The zero-order chi connectivity index (χ0) is 25.1. The maximum absolute atomic E-state index is 13.2. The van der Waals surface area contributed by atoms with Crippen molar-refractivity contribution in [3.63, 3.8) is 0 Å². The van der Waals surface area contributed by atoms with Crippen molar-refractivity contribution in [1.82, 2.24) is 9.66 Å². The van der Waals surface area contributed by atoms with Crippen LogP contribution in [0.1, 0.15) is 23.9 Å². The summed E-state index contributed by atoms with van der Waals surface area (Å²) in [5, 5.41) is 4.87. The van der Waals surface area contributed by atoms with E-state index in [0.717, 1.165) is 10.0 Å². The van der Waals surface area contributed by atoms with Crippen molar-refractivity contribution >= 4 is 64.9 Å². The number of benzene rings is 3. The number of hydrogen-bond donors (Lipinski definition) is 0. The predicted molar refractivity (Wildman–Crippen MR) is 145 cm³/mol. The fraction of sp³-hybridized carbons (Fsp3) is 0.160. The lowest BCUT2D eigenvalue weighted by atomic mass is 10.2. The summed E-state index contributed by atoms with van der Waals surface area (Å²) in [7, 11) is 0. The highest BCUT2D eigenvalue weighted by Crippen LogP contribution is 2.43. The van der Waals surface area contributed by atoms with Gasteiger partial charge in [-0.2, -0.15) is 9.78 Å². The first-order chi connectivity index (χ1) is 16.8. The lowest BCUT2D eigenvalue weighted by Crippen LogP contribution is -2.20. The topological polar surface area (TPSA) is 65.7 Å². The van der Waals surface area contributed by atoms with E-state index in [1.807, 2.05) is 13.0 Å². The van der Waals surface area contributed by atoms with Crippen LogP contribution in [0.5, 0.6) is 11.5 Å². The molecule has 0 N–H and O–H groups in total. The second kappa shape index (κ2) is 11.0. The van der Waals surface area contributed by atoms with Crippen LogP contribution in [0.2, 0.25) is 0 Å². The molecule has 35 heavy (non-hydrogen) atoms. The lowest BCUT2D eigenvalue weighted by Gasteiger charge is -2.16. The molecule has 4 aromatic rings. The molecule has 1 aromatic heterocycles. The molecular formula is C25H19Br3FN3O3. The molecule has 0 radical (unpaired) electrons. The van der Waals surface area contributed by atoms with Gasteiger partial charge in [0.1, 0.15) is 18.2 Å². The van der Waals surface area contributed by atoms with Gasteiger partial charge in [-0.05, 0) is 87.7 Å². The molecule has 0 saturated carbocycles. The van der Waals surface area contributed by atoms with Crippen LogP contribution < -0.4 is 15.0 Å². The van der Waals surface area contributed by atoms with E-state index < -0.39 is 0 Å². The van der Waals surface area contributed by atoms with E-state index in [1.165, 1.54) is 16.8 Å². The summed E-state index contributed by atoms with van der Waals surface area (Å²) < 4.78 is 28.3. The molecule has 3 aromatic carbocycles. The van der Waals surface area contributed by atoms with Gasteiger partial charge in [-0.25, -0.2) is 9.37 Å². The van der Waals surface area contributed by atoms with E-state index in [2.05, 4.69) is 57.9 Å². The minimum Gasteiger partial charge on any atom is -0.490 e. The zero-order valence-electron chi connectivity index (χ0n) is 18.7. The van der Waals surface area contributed by atoms with Crippen LogP contribution in [-0.4, -0.2) is 22.5 Å². The summed E-state index contributed by atoms with van der Waals surface area (Å²) in [5.74, 6) is 1.14. The van der Waals surface area contributed by atoms with Crippen LogP contribution in [0.25, 0.3) is 10.9 Å². The lowest BCUT2D eigenvalue weighted by molar-refractivity contribution is 0.267. The molecule has 0 bridgehead atoms. The molecule has 6 nitrogen and oxygen atoms in total. The van der Waals surface area contributed by atoms with Crippen molar-refractivity contribution in [2.24, 2.45) is 5.10 Å². The third kappa shape index (κ3) is 5.65. The summed E-state index contributed by atoms with van der Waals surface area (Å²) in [5.41, 5.74) is 1.81. The summed E-state index contributed by atoms with van der Waals surface area (Å²) in [6, 6.07) is 13.2. The number of rotatable bonds is 7. The van der Waals surface area contributed by atoms with E-state index in [4.69, 9.17) is 9.47 Å². The first-order valence-electron chi connectivity index (χ1n) is 10.5. The van der Waals surface area contributed by atoms with Gasteiger partial charge in [-0.3, -0.25) is 4.79 Å². The van der Waals surface area contributed by atoms with Gasteiger partial charge >= 0.3 is 0 Å². The quantitative estimate of drug-likeness (QED) is 0.199. The minimum atomic E-state index is -0.306. The standard InChI is InChI=1S/C25H19Br3FN3O3/c1-3-34-21-10-16(22(27)23(28)24(21)35-13-15-4-7-18(29)8-5-15)12-30-32-14(2)31-20-9-6-17(26)11-19(20)25(32)33/h4-12H,3,13H2,1-2H3. The van der Waals surface area contributed by atoms with Gasteiger partial charge in [0.25, 0.3) is 5.56 Å². The van der Waals surface area contributed by atoms with Gasteiger partial charge in [0.15, 0.2) is 11.5 Å². The van der Waals surface area contributed by atoms with E-state index in [1.54, 1.807) is 43.5 Å². The van der Waals surface area contributed by atoms with Gasteiger partial charge in [0, 0.05) is 14.5 Å². The Morgan fingerprint density at radius 3 is 2.51 bits per heavy atom. The molecular weight excluding hydrogens is 649 g/mol. The van der Waals surface area contributed by atoms with Crippen molar-refractivity contribution in [3.8, 4) is 11.5 Å². The van der Waals surface area contributed by atoms with E-state index in [9.17, 15) is 9.18 Å². The Balaban J connectivity index is 1.70. The Labute approximate surface area is 226 Å². The fourth-order valence-electron chi connectivity index (χ4n) is 3.35. The highest BCUT2D eigenvalue weighted by Gasteiger charge is 2.17. The molecule has 0 spiro atoms. The molecule has 0 fully saturated rings. The molecule has 0 saturated heterocycles. The maximum atomic E-state index is 13.2. The Kier molecular flexibility index (Phi) is 8.03. The number of ether oxygens (including phenoxy) is 2. The first kappa shape index (κ1) is 25.5. The average molecular weight is 668 g/mol. The highest BCUT2D eigenvalue weighted by molar-refractivity contribution is 9.13. The van der Waals surface area contributed by atoms with Gasteiger partial charge in [-0.15, -0.1) is 0 Å². The summed E-state index contributed by atoms with van der Waals surface area (Å²) in [4.78, 5) is 17.5. The fourth-order valence-corrected chi connectivity index (χ4v) is 4.64. The van der Waals surface area contributed by atoms with Crippen LogP contribution in [0.15, 0.2) is 71.8 Å². The van der Waals surface area contributed by atoms with Crippen molar-refractivity contribution in [1.29, 1.82) is 0 Å². The molecule has 0 aliphatic heterocycles. The molecule has 180 valence electrons. The largest absolute Gasteiger partial charge is 0.490 e. The van der Waals surface area contributed by atoms with E-state index in [-0.39, 0.29) is 18.0 Å². The minimum absolute atomic E-state index is 0.228. The number of halogens is 4. The van der Waals surface area contributed by atoms with Crippen molar-refractivity contribution in [2.45, 2.75) is 20.5 Å². The number of hydrogen-bond acceptors (Lipinski definition) is 5. The van der Waals surface area contributed by atoms with Crippen LogP contribution >= 0.6 is 47.8 Å². The van der Waals surface area contributed by atoms with E-state index in [0.29, 0.717) is 49.3 Å². The van der Waals surface area contributed by atoms with Crippen LogP contribution in [0.4, 0.5) is 4.39 Å². The Morgan fingerprint density at radius 2 is 1.80 bits per heavy atom. The molecule has 0 amide bonds. The summed E-state index contributed by atoms with van der Waals surface area (Å²) in [6.45, 7) is 4.24. The zero-order valence-corrected chi connectivity index (χ0v) is 23.4. The third-order valence-electron chi connectivity index (χ3n) is 5.03. The van der Waals surface area contributed by atoms with Gasteiger partial charge in [0.05, 0.1) is 28.2 Å². The Morgan fingerprint density at radius 1 is 1.06 bits per heavy atom. The maximum Gasteiger partial charge on any atom is 0.282 e. The molecule has 1 heterocycles. The smallest absolute Gasteiger partial charge is 0.282 e.